The summed E-state index contributed by atoms with van der Waals surface area (Å²) < 4.78 is 0. The maximum Gasteiger partial charge on any atom is 0.223 e. The summed E-state index contributed by atoms with van der Waals surface area (Å²) in [5.74, 6) is 0.489. The Bertz CT molecular complexity index is 257. The molecule has 0 aromatic rings. The van der Waals surface area contributed by atoms with Gasteiger partial charge in [0, 0.05) is 12.0 Å². The van der Waals surface area contributed by atoms with E-state index in [1.165, 1.54) is 0 Å². The summed E-state index contributed by atoms with van der Waals surface area (Å²) in [5.41, 5.74) is 0. The highest BCUT2D eigenvalue weighted by Gasteiger charge is 2.21. The Kier molecular flexibility index (Phi) is 15.1. The predicted molar refractivity (Wildman–Crippen MR) is 94.7 cm³/mol. The topological polar surface area (TPSA) is 44.4 Å². The molecule has 0 radical (unpaired) electrons. The molecule has 1 heterocycles. The van der Waals surface area contributed by atoms with Crippen molar-refractivity contribution in [2.24, 2.45) is 5.92 Å². The third kappa shape index (κ3) is 9.56. The van der Waals surface area contributed by atoms with Crippen molar-refractivity contribution in [3.8, 4) is 0 Å². The standard InChI is InChI=1S/C15H31N3O.2ClH/c1-4-18(5-2)12-6-7-13(3)17-15(19)14-8-10-16-11-9-14;;/h13-14,16H,4-12H2,1-3H3,(H,17,19);2*1H. The fraction of sp³-hybridized carbons (Fsp3) is 0.933. The number of hydrogen-bond donors (Lipinski definition) is 2. The average Bonchev–Trinajstić information content (AvgIpc) is 2.44. The number of rotatable bonds is 8. The molecular formula is C15H33Cl2N3O. The van der Waals surface area contributed by atoms with Gasteiger partial charge in [0.15, 0.2) is 0 Å². The van der Waals surface area contributed by atoms with Gasteiger partial charge in [-0.05, 0) is 65.3 Å². The van der Waals surface area contributed by atoms with Gasteiger partial charge in [0.05, 0.1) is 0 Å². The van der Waals surface area contributed by atoms with Crippen molar-refractivity contribution >= 4 is 30.7 Å². The third-order valence-electron chi connectivity index (χ3n) is 4.10. The molecule has 6 heteroatoms. The first kappa shape index (κ1) is 23.2. The Balaban J connectivity index is 0. The SMILES string of the molecule is CCN(CC)CCCC(C)NC(=O)C1CCNCC1.Cl.Cl. The number of nitrogens with one attached hydrogen (secondary N) is 2. The van der Waals surface area contributed by atoms with Gasteiger partial charge < -0.3 is 15.5 Å². The molecule has 1 unspecified atom stereocenters. The second kappa shape index (κ2) is 13.6. The van der Waals surface area contributed by atoms with Crippen LogP contribution in [0, 0.1) is 5.92 Å². The number of nitrogens with zero attached hydrogens (tertiary/aromatic N) is 1. The maximum absolute atomic E-state index is 12.1. The second-order valence-electron chi connectivity index (χ2n) is 5.60. The molecule has 0 aliphatic carbocycles. The second-order valence-corrected chi connectivity index (χ2v) is 5.60. The Labute approximate surface area is 142 Å². The molecule has 0 spiro atoms. The van der Waals surface area contributed by atoms with Crippen LogP contribution in [0.3, 0.4) is 0 Å². The Hall–Kier alpha value is -0.0300. The lowest BCUT2D eigenvalue weighted by atomic mass is 9.97. The van der Waals surface area contributed by atoms with E-state index in [0.717, 1.165) is 58.4 Å². The molecule has 0 saturated carbocycles. The summed E-state index contributed by atoms with van der Waals surface area (Å²) in [6.45, 7) is 11.9. The third-order valence-corrected chi connectivity index (χ3v) is 4.10. The van der Waals surface area contributed by atoms with Gasteiger partial charge >= 0.3 is 0 Å². The van der Waals surface area contributed by atoms with Crippen LogP contribution < -0.4 is 10.6 Å². The summed E-state index contributed by atoms with van der Waals surface area (Å²) in [5, 5.41) is 6.47. The van der Waals surface area contributed by atoms with E-state index in [1.807, 2.05) is 0 Å². The van der Waals surface area contributed by atoms with Gasteiger partial charge in [-0.2, -0.15) is 0 Å². The molecule has 1 aliphatic heterocycles. The van der Waals surface area contributed by atoms with Crippen molar-refractivity contribution in [3.05, 3.63) is 0 Å². The Morgan fingerprint density at radius 1 is 1.24 bits per heavy atom. The van der Waals surface area contributed by atoms with Crippen LogP contribution in [0.5, 0.6) is 0 Å². The van der Waals surface area contributed by atoms with Crippen LogP contribution in [-0.4, -0.2) is 49.6 Å². The fourth-order valence-corrected chi connectivity index (χ4v) is 2.68. The zero-order valence-corrected chi connectivity index (χ0v) is 15.3. The predicted octanol–water partition coefficient (Wildman–Crippen LogP) is 2.46. The number of piperidine rings is 1. The van der Waals surface area contributed by atoms with E-state index in [2.05, 4.69) is 36.3 Å². The lowest BCUT2D eigenvalue weighted by molar-refractivity contribution is -0.126. The van der Waals surface area contributed by atoms with E-state index < -0.39 is 0 Å². The number of halogens is 2. The average molecular weight is 342 g/mol. The summed E-state index contributed by atoms with van der Waals surface area (Å²) >= 11 is 0. The van der Waals surface area contributed by atoms with Crippen molar-refractivity contribution in [1.82, 2.24) is 15.5 Å². The van der Waals surface area contributed by atoms with E-state index in [0.29, 0.717) is 6.04 Å². The number of carbonyl (C=O) groups excluding carboxylic acids is 1. The molecule has 1 aliphatic rings. The number of carbonyl (C=O) groups is 1. The molecule has 21 heavy (non-hydrogen) atoms. The molecule has 1 rings (SSSR count). The molecule has 2 N–H and O–H groups in total. The van der Waals surface area contributed by atoms with Crippen LogP contribution in [0.15, 0.2) is 0 Å². The molecule has 0 aromatic heterocycles. The van der Waals surface area contributed by atoms with Gasteiger partial charge in [-0.3, -0.25) is 4.79 Å². The molecule has 4 nitrogen and oxygen atoms in total. The van der Waals surface area contributed by atoms with Gasteiger partial charge in [-0.15, -0.1) is 24.8 Å². The smallest absolute Gasteiger partial charge is 0.223 e. The van der Waals surface area contributed by atoms with E-state index in [-0.39, 0.29) is 36.6 Å². The minimum Gasteiger partial charge on any atom is -0.353 e. The molecule has 1 fully saturated rings. The van der Waals surface area contributed by atoms with Crippen molar-refractivity contribution in [2.75, 3.05) is 32.7 Å². The van der Waals surface area contributed by atoms with Gasteiger partial charge in [0.25, 0.3) is 0 Å². The highest BCUT2D eigenvalue weighted by molar-refractivity contribution is 5.85. The highest BCUT2D eigenvalue weighted by atomic mass is 35.5. The maximum atomic E-state index is 12.1. The minimum atomic E-state index is 0. The molecule has 1 saturated heterocycles. The van der Waals surface area contributed by atoms with Crippen LogP contribution in [-0.2, 0) is 4.79 Å². The zero-order chi connectivity index (χ0) is 14.1. The summed E-state index contributed by atoms with van der Waals surface area (Å²) in [6.07, 6.45) is 4.21. The zero-order valence-electron chi connectivity index (χ0n) is 13.7. The quantitative estimate of drug-likeness (QED) is 0.712. The van der Waals surface area contributed by atoms with E-state index in [9.17, 15) is 4.79 Å². The fourth-order valence-electron chi connectivity index (χ4n) is 2.68. The van der Waals surface area contributed by atoms with E-state index in [1.54, 1.807) is 0 Å². The summed E-state index contributed by atoms with van der Waals surface area (Å²) in [6, 6.07) is 0.304. The molecule has 1 atom stereocenters. The van der Waals surface area contributed by atoms with Crippen molar-refractivity contribution in [3.63, 3.8) is 0 Å². The lowest BCUT2D eigenvalue weighted by Crippen LogP contribution is -2.41. The lowest BCUT2D eigenvalue weighted by Gasteiger charge is -2.24. The summed E-state index contributed by atoms with van der Waals surface area (Å²) in [7, 11) is 0. The van der Waals surface area contributed by atoms with Crippen molar-refractivity contribution < 1.29 is 4.79 Å². The van der Waals surface area contributed by atoms with Gasteiger partial charge in [0.2, 0.25) is 5.91 Å². The monoisotopic (exact) mass is 341 g/mol. The molecule has 128 valence electrons. The van der Waals surface area contributed by atoms with Gasteiger partial charge in [0.1, 0.15) is 0 Å². The van der Waals surface area contributed by atoms with Crippen LogP contribution in [0.4, 0.5) is 0 Å². The number of hydrogen-bond acceptors (Lipinski definition) is 3. The van der Waals surface area contributed by atoms with E-state index >= 15 is 0 Å². The first-order valence-corrected chi connectivity index (χ1v) is 7.90. The minimum absolute atomic E-state index is 0. The Morgan fingerprint density at radius 2 is 1.81 bits per heavy atom. The molecular weight excluding hydrogens is 309 g/mol. The van der Waals surface area contributed by atoms with Crippen LogP contribution in [0.1, 0.15) is 46.5 Å². The molecule has 1 amide bonds. The van der Waals surface area contributed by atoms with Crippen molar-refractivity contribution in [1.29, 1.82) is 0 Å². The highest BCUT2D eigenvalue weighted by Crippen LogP contribution is 2.12. The summed E-state index contributed by atoms with van der Waals surface area (Å²) in [4.78, 5) is 14.5. The van der Waals surface area contributed by atoms with Gasteiger partial charge in [-0.1, -0.05) is 13.8 Å². The van der Waals surface area contributed by atoms with E-state index in [4.69, 9.17) is 0 Å². The van der Waals surface area contributed by atoms with Crippen molar-refractivity contribution in [2.45, 2.75) is 52.5 Å². The number of amides is 1. The molecule has 0 bridgehead atoms. The van der Waals surface area contributed by atoms with Gasteiger partial charge in [-0.25, -0.2) is 0 Å². The normalized spacial score (nSPS) is 16.8. The first-order chi connectivity index (χ1) is 9.17. The van der Waals surface area contributed by atoms with Crippen LogP contribution in [0.25, 0.3) is 0 Å². The molecule has 0 aromatic carbocycles. The largest absolute Gasteiger partial charge is 0.353 e. The Morgan fingerprint density at radius 3 is 2.33 bits per heavy atom. The van der Waals surface area contributed by atoms with Crippen LogP contribution >= 0.6 is 24.8 Å². The first-order valence-electron chi connectivity index (χ1n) is 7.90. The van der Waals surface area contributed by atoms with Crippen LogP contribution in [0.2, 0.25) is 0 Å².